The molecule has 0 bridgehead atoms. The lowest BCUT2D eigenvalue weighted by Gasteiger charge is -2.32. The standard InChI is InChI=1S/C27H30N2O6/c30-25(29-11-5-6-17(14-29)26(31)32)18-12-19(34-15-18)13-28-27(33)35-16-24-22-9-3-1-7-20(22)21-8-2-4-10-23(21)24/h1-4,7-10,17-19,24H,5-6,11-16H2,(H,28,33)(H,31,32). The van der Waals surface area contributed by atoms with E-state index in [1.54, 1.807) is 4.90 Å². The lowest BCUT2D eigenvalue weighted by atomic mass is 9.96. The number of hydrogen-bond donors (Lipinski definition) is 2. The summed E-state index contributed by atoms with van der Waals surface area (Å²) in [6, 6.07) is 16.4. The van der Waals surface area contributed by atoms with Gasteiger partial charge in [0.2, 0.25) is 5.91 Å². The highest BCUT2D eigenvalue weighted by atomic mass is 16.5. The molecule has 8 nitrogen and oxygen atoms in total. The van der Waals surface area contributed by atoms with Crippen LogP contribution < -0.4 is 5.32 Å². The van der Waals surface area contributed by atoms with Crippen LogP contribution in [0.3, 0.4) is 0 Å². The summed E-state index contributed by atoms with van der Waals surface area (Å²) < 4.78 is 11.3. The van der Waals surface area contributed by atoms with Crippen molar-refractivity contribution in [1.29, 1.82) is 0 Å². The second-order valence-corrected chi connectivity index (χ2v) is 9.56. The van der Waals surface area contributed by atoms with Gasteiger partial charge in [-0.2, -0.15) is 0 Å². The minimum atomic E-state index is -0.852. The van der Waals surface area contributed by atoms with Crippen molar-refractivity contribution in [3.63, 3.8) is 0 Å². The van der Waals surface area contributed by atoms with Crippen LogP contribution in [0.5, 0.6) is 0 Å². The zero-order chi connectivity index (χ0) is 24.4. The Morgan fingerprint density at radius 2 is 1.71 bits per heavy atom. The smallest absolute Gasteiger partial charge is 0.407 e. The molecule has 2 saturated heterocycles. The Morgan fingerprint density at radius 1 is 1.03 bits per heavy atom. The molecule has 2 aromatic carbocycles. The highest BCUT2D eigenvalue weighted by Crippen LogP contribution is 2.44. The fourth-order valence-electron chi connectivity index (χ4n) is 5.50. The van der Waals surface area contributed by atoms with Crippen LogP contribution in [-0.4, -0.2) is 66.9 Å². The molecule has 8 heteroatoms. The molecule has 35 heavy (non-hydrogen) atoms. The number of likely N-dealkylation sites (tertiary alicyclic amines) is 1. The fourth-order valence-corrected chi connectivity index (χ4v) is 5.50. The molecule has 2 aliphatic heterocycles. The molecule has 3 atom stereocenters. The van der Waals surface area contributed by atoms with Crippen LogP contribution >= 0.6 is 0 Å². The minimum absolute atomic E-state index is 0.00273. The Balaban J connectivity index is 1.09. The SMILES string of the molecule is O=C(NCC1CC(C(=O)N2CCCC(C(=O)O)C2)CO1)OCC1c2ccccc2-c2ccccc21. The number of aliphatic carboxylic acids is 1. The Hall–Kier alpha value is -3.39. The number of benzene rings is 2. The van der Waals surface area contributed by atoms with Gasteiger partial charge in [-0.05, 0) is 41.5 Å². The molecular formula is C27H30N2O6. The van der Waals surface area contributed by atoms with Crippen LogP contribution in [0.25, 0.3) is 11.1 Å². The van der Waals surface area contributed by atoms with Gasteiger partial charge in [-0.3, -0.25) is 9.59 Å². The van der Waals surface area contributed by atoms with Crippen LogP contribution in [0.2, 0.25) is 0 Å². The van der Waals surface area contributed by atoms with Gasteiger partial charge in [0.05, 0.1) is 24.5 Å². The van der Waals surface area contributed by atoms with E-state index in [1.165, 1.54) is 11.1 Å². The second kappa shape index (κ2) is 10.1. The first kappa shape index (κ1) is 23.4. The first-order valence-electron chi connectivity index (χ1n) is 12.2. The average Bonchev–Trinajstić information content (AvgIpc) is 3.49. The molecule has 0 aromatic heterocycles. The van der Waals surface area contributed by atoms with Gasteiger partial charge in [0.1, 0.15) is 6.61 Å². The number of piperidine rings is 1. The number of rotatable bonds is 6. The third-order valence-electron chi connectivity index (χ3n) is 7.33. The summed E-state index contributed by atoms with van der Waals surface area (Å²) in [5.41, 5.74) is 4.67. The minimum Gasteiger partial charge on any atom is -0.481 e. The Morgan fingerprint density at radius 3 is 2.40 bits per heavy atom. The van der Waals surface area contributed by atoms with Gasteiger partial charge in [0.15, 0.2) is 0 Å². The predicted octanol–water partition coefficient (Wildman–Crippen LogP) is 3.25. The van der Waals surface area contributed by atoms with Crippen LogP contribution in [0.1, 0.15) is 36.3 Å². The molecule has 2 aromatic rings. The van der Waals surface area contributed by atoms with Crippen molar-refractivity contribution >= 4 is 18.0 Å². The number of carbonyl (C=O) groups excluding carboxylic acids is 2. The molecule has 5 rings (SSSR count). The normalized spacial score (nSPS) is 23.4. The molecule has 1 aliphatic carbocycles. The van der Waals surface area contributed by atoms with Crippen molar-refractivity contribution in [1.82, 2.24) is 10.2 Å². The van der Waals surface area contributed by atoms with E-state index in [0.29, 0.717) is 25.8 Å². The van der Waals surface area contributed by atoms with E-state index in [2.05, 4.69) is 29.6 Å². The van der Waals surface area contributed by atoms with Crippen molar-refractivity contribution in [2.45, 2.75) is 31.3 Å². The van der Waals surface area contributed by atoms with E-state index in [-0.39, 0.29) is 50.2 Å². The Labute approximate surface area is 204 Å². The summed E-state index contributed by atoms with van der Waals surface area (Å²) >= 11 is 0. The first-order valence-corrected chi connectivity index (χ1v) is 12.2. The molecule has 2 amide bonds. The van der Waals surface area contributed by atoms with Crippen LogP contribution in [0.15, 0.2) is 48.5 Å². The van der Waals surface area contributed by atoms with Crippen LogP contribution in [0.4, 0.5) is 4.79 Å². The van der Waals surface area contributed by atoms with Crippen molar-refractivity contribution in [2.75, 3.05) is 32.8 Å². The molecule has 2 N–H and O–H groups in total. The maximum absolute atomic E-state index is 12.8. The lowest BCUT2D eigenvalue weighted by Crippen LogP contribution is -2.45. The fraction of sp³-hybridized carbons (Fsp3) is 0.444. The van der Waals surface area contributed by atoms with Gasteiger partial charge in [-0.25, -0.2) is 4.79 Å². The number of hydrogen-bond acceptors (Lipinski definition) is 5. The van der Waals surface area contributed by atoms with Gasteiger partial charge in [0.25, 0.3) is 0 Å². The van der Waals surface area contributed by atoms with E-state index >= 15 is 0 Å². The van der Waals surface area contributed by atoms with E-state index in [4.69, 9.17) is 9.47 Å². The number of alkyl carbamates (subject to hydrolysis) is 1. The number of nitrogens with one attached hydrogen (secondary N) is 1. The van der Waals surface area contributed by atoms with Gasteiger partial charge in [0, 0.05) is 25.6 Å². The Kier molecular flexibility index (Phi) is 6.72. The monoisotopic (exact) mass is 478 g/mol. The summed E-state index contributed by atoms with van der Waals surface area (Å²) in [7, 11) is 0. The number of fused-ring (bicyclic) bond motifs is 3. The number of ether oxygens (including phenoxy) is 2. The van der Waals surface area contributed by atoms with E-state index in [9.17, 15) is 19.5 Å². The first-order chi connectivity index (χ1) is 17.0. The summed E-state index contributed by atoms with van der Waals surface area (Å²) in [4.78, 5) is 38.2. The van der Waals surface area contributed by atoms with Gasteiger partial charge in [-0.15, -0.1) is 0 Å². The zero-order valence-corrected chi connectivity index (χ0v) is 19.5. The number of nitrogens with zero attached hydrogens (tertiary/aromatic N) is 1. The van der Waals surface area contributed by atoms with Crippen LogP contribution in [0, 0.1) is 11.8 Å². The molecule has 184 valence electrons. The number of carboxylic acid groups (broad SMARTS) is 1. The highest BCUT2D eigenvalue weighted by Gasteiger charge is 2.36. The van der Waals surface area contributed by atoms with Crippen molar-refractivity contribution in [3.8, 4) is 11.1 Å². The highest BCUT2D eigenvalue weighted by molar-refractivity contribution is 5.81. The lowest BCUT2D eigenvalue weighted by molar-refractivity contribution is -0.146. The van der Waals surface area contributed by atoms with Crippen molar-refractivity contribution in [3.05, 3.63) is 59.7 Å². The molecular weight excluding hydrogens is 448 g/mol. The number of carboxylic acids is 1. The molecule has 3 aliphatic rings. The van der Waals surface area contributed by atoms with E-state index < -0.39 is 18.0 Å². The molecule has 3 unspecified atom stereocenters. The van der Waals surface area contributed by atoms with E-state index in [0.717, 1.165) is 11.1 Å². The maximum Gasteiger partial charge on any atom is 0.407 e. The van der Waals surface area contributed by atoms with Crippen molar-refractivity contribution in [2.24, 2.45) is 11.8 Å². The predicted molar refractivity (Wildman–Crippen MR) is 128 cm³/mol. The zero-order valence-electron chi connectivity index (χ0n) is 19.5. The summed E-state index contributed by atoms with van der Waals surface area (Å²) in [6.07, 6.45) is 1.02. The molecule has 2 fully saturated rings. The molecule has 0 saturated carbocycles. The summed E-state index contributed by atoms with van der Waals surface area (Å²) in [5.74, 6) is -1.72. The summed E-state index contributed by atoms with van der Waals surface area (Å²) in [5, 5.41) is 12.0. The second-order valence-electron chi connectivity index (χ2n) is 9.56. The van der Waals surface area contributed by atoms with Crippen molar-refractivity contribution < 1.29 is 29.0 Å². The number of carbonyl (C=O) groups is 3. The van der Waals surface area contributed by atoms with Gasteiger partial charge >= 0.3 is 12.1 Å². The molecule has 2 heterocycles. The largest absolute Gasteiger partial charge is 0.481 e. The Bertz CT molecular complexity index is 1070. The number of amides is 2. The topological polar surface area (TPSA) is 105 Å². The molecule has 0 spiro atoms. The van der Waals surface area contributed by atoms with E-state index in [1.807, 2.05) is 24.3 Å². The third-order valence-corrected chi connectivity index (χ3v) is 7.33. The van der Waals surface area contributed by atoms with Gasteiger partial charge in [-0.1, -0.05) is 48.5 Å². The summed E-state index contributed by atoms with van der Waals surface area (Å²) in [6.45, 7) is 1.63. The van der Waals surface area contributed by atoms with Crippen LogP contribution in [-0.2, 0) is 19.1 Å². The van der Waals surface area contributed by atoms with Gasteiger partial charge < -0.3 is 24.8 Å². The average molecular weight is 479 g/mol. The quantitative estimate of drug-likeness (QED) is 0.660. The third kappa shape index (κ3) is 4.89. The molecule has 0 radical (unpaired) electrons. The maximum atomic E-state index is 12.8.